The van der Waals surface area contributed by atoms with Crippen molar-refractivity contribution >= 4 is 28.2 Å². The molecule has 0 unspecified atom stereocenters. The molecule has 16 atom stereocenters. The van der Waals surface area contributed by atoms with E-state index in [2.05, 4.69) is 21.1 Å². The summed E-state index contributed by atoms with van der Waals surface area (Å²) in [6, 6.07) is -3.24. The van der Waals surface area contributed by atoms with Crippen molar-refractivity contribution < 1.29 is 166 Å². The number of ether oxygens (including phenoxy) is 6. The van der Waals surface area contributed by atoms with Crippen molar-refractivity contribution in [1.82, 2.24) is 0 Å². The molecule has 338 valence electrons. The van der Waals surface area contributed by atoms with Gasteiger partial charge in [-0.25, -0.2) is 8.98 Å². The summed E-state index contributed by atoms with van der Waals surface area (Å²) < 4.78 is 70.7. The van der Waals surface area contributed by atoms with E-state index in [1.54, 1.807) is 0 Å². The van der Waals surface area contributed by atoms with Crippen molar-refractivity contribution in [2.24, 2.45) is 9.98 Å². The van der Waals surface area contributed by atoms with Crippen molar-refractivity contribution in [1.29, 1.82) is 0 Å². The molecule has 3 rings (SSSR count). The molecule has 0 radical (unpaired) electrons. The number of hydrogen-bond donors (Lipinski definition) is 10. The standard InChI is InChI=1S/C33H58N2O22S.2Na/c1-4-5-6-7-8-9-10-51-30-22(35-16(3)39)25(44)27(19(13-37)53-30)55-31-26(45)29(24(43)20(54-31)14-52-58(48,49)50)57-33(32(46)47)11-17(40)21(34-15(2)38)28(56-33)23(42)18(41)12-36;;/h17-31,36-37,40-45H,4-14H2,1-3H3,(H,34,38)(H,35,39)(H,46,47)(H,48,49,50);;/q;2*+1/p-2/t17-,18+,19+,20+,21+,22+,23+,24-,25+,26+,27+,28+,29-,30+,31-,33-;;/m0../s1. The maximum Gasteiger partial charge on any atom is 1.00 e. The first kappa shape index (κ1) is 57.7. The van der Waals surface area contributed by atoms with Crippen molar-refractivity contribution in [3.8, 4) is 0 Å². The maximum absolute atomic E-state index is 12.9. The number of aliphatic imine (C=N–C) groups is 2. The van der Waals surface area contributed by atoms with E-state index in [1.807, 2.05) is 0 Å². The normalized spacial score (nSPS) is 36.4. The van der Waals surface area contributed by atoms with E-state index in [-0.39, 0.29) is 65.7 Å². The average molecular weight is 911 g/mol. The van der Waals surface area contributed by atoms with Crippen LogP contribution in [0.15, 0.2) is 9.98 Å². The van der Waals surface area contributed by atoms with Gasteiger partial charge < -0.3 is 84.6 Å². The van der Waals surface area contributed by atoms with E-state index < -0.39 is 152 Å². The Kier molecular flexibility index (Phi) is 25.6. The molecule has 0 saturated carbocycles. The SMILES string of the molecule is CCCCCCCCO[C@@H]1O[C@H](CO)[C@@H](O[C@@H]2O[C@H](COS(=O)(=O)O)[C@H](O)[C@H](O[C@]3(C(=O)O)C[C@H](O)[C@@H](N=C(C)[O-])[C@H]([C@H](O)[C@H](O)CO)O3)[C@H]2O)[C@H](O)[C@H]1N=C(C)[O-].[Na+].[Na+]. The number of aliphatic carboxylic acids is 1. The first-order valence-corrected chi connectivity index (χ1v) is 20.1. The zero-order valence-corrected chi connectivity index (χ0v) is 38.9. The van der Waals surface area contributed by atoms with E-state index >= 15 is 0 Å². The molecule has 10 N–H and O–H groups in total. The van der Waals surface area contributed by atoms with E-state index in [0.29, 0.717) is 6.42 Å². The largest absolute Gasteiger partial charge is 1.00 e. The summed E-state index contributed by atoms with van der Waals surface area (Å²) >= 11 is 0. The maximum atomic E-state index is 12.9. The Morgan fingerprint density at radius 2 is 1.45 bits per heavy atom. The number of carboxylic acid groups (broad SMARTS) is 1. The first-order valence-electron chi connectivity index (χ1n) is 18.7. The van der Waals surface area contributed by atoms with Gasteiger partial charge in [0, 0.05) is 13.0 Å². The van der Waals surface area contributed by atoms with Crippen LogP contribution in [0.5, 0.6) is 0 Å². The molecule has 0 aromatic heterocycles. The minimum Gasteiger partial charge on any atom is -0.862 e. The number of aliphatic hydroxyl groups excluding tert-OH is 8. The molecule has 3 aliphatic rings. The molecule has 0 spiro atoms. The summed E-state index contributed by atoms with van der Waals surface area (Å²) in [6.45, 7) is 0.984. The summed E-state index contributed by atoms with van der Waals surface area (Å²) in [7, 11) is -5.24. The van der Waals surface area contributed by atoms with Gasteiger partial charge >= 0.3 is 75.5 Å². The van der Waals surface area contributed by atoms with Crippen LogP contribution < -0.4 is 69.3 Å². The zero-order valence-electron chi connectivity index (χ0n) is 34.1. The number of unbranched alkanes of at least 4 members (excludes halogenated alkanes) is 5. The van der Waals surface area contributed by atoms with Gasteiger partial charge in [0.25, 0.3) is 5.79 Å². The van der Waals surface area contributed by atoms with Crippen LogP contribution in [0, 0.1) is 0 Å². The fourth-order valence-corrected chi connectivity index (χ4v) is 7.10. The average Bonchev–Trinajstić information content (AvgIpc) is 3.15. The zero-order chi connectivity index (χ0) is 43.5. The second-order valence-electron chi connectivity index (χ2n) is 14.2. The third-order valence-corrected chi connectivity index (χ3v) is 10.1. The summed E-state index contributed by atoms with van der Waals surface area (Å²) in [6.07, 6.45) is -21.8. The molecule has 24 nitrogen and oxygen atoms in total. The second-order valence-corrected chi connectivity index (χ2v) is 15.3. The van der Waals surface area contributed by atoms with Crippen molar-refractivity contribution in [3.05, 3.63) is 0 Å². The van der Waals surface area contributed by atoms with Crippen LogP contribution in [0.25, 0.3) is 0 Å². The monoisotopic (exact) mass is 910 g/mol. The summed E-state index contributed by atoms with van der Waals surface area (Å²) in [4.78, 5) is 20.4. The number of rotatable bonds is 22. The fraction of sp³-hybridized carbons (Fsp3) is 0.909. The predicted molar refractivity (Wildman–Crippen MR) is 188 cm³/mol. The predicted octanol–water partition coefficient (Wildman–Crippen LogP) is -11.6. The van der Waals surface area contributed by atoms with E-state index in [1.165, 1.54) is 0 Å². The van der Waals surface area contributed by atoms with E-state index in [0.717, 1.165) is 46.0 Å². The smallest absolute Gasteiger partial charge is 0.862 e. The van der Waals surface area contributed by atoms with Gasteiger partial charge in [-0.1, -0.05) is 39.0 Å². The van der Waals surface area contributed by atoms with Gasteiger partial charge in [0.2, 0.25) is 0 Å². The fourth-order valence-electron chi connectivity index (χ4n) is 6.79. The summed E-state index contributed by atoms with van der Waals surface area (Å²) in [5, 5.41) is 120. The molecule has 3 aliphatic heterocycles. The molecule has 0 aliphatic carbocycles. The topological polar surface area (TPSA) is 389 Å². The van der Waals surface area contributed by atoms with Crippen LogP contribution in [-0.4, -0.2) is 201 Å². The van der Waals surface area contributed by atoms with E-state index in [9.17, 15) is 73.9 Å². The van der Waals surface area contributed by atoms with Gasteiger partial charge in [-0.05, 0) is 32.1 Å². The molecule has 3 fully saturated rings. The molecular formula is C33H56N2Na2O22S. The van der Waals surface area contributed by atoms with Crippen LogP contribution in [0.3, 0.4) is 0 Å². The summed E-state index contributed by atoms with van der Waals surface area (Å²) in [5.41, 5.74) is 0. The Morgan fingerprint density at radius 3 is 2.00 bits per heavy atom. The van der Waals surface area contributed by atoms with Gasteiger partial charge in [-0.15, -0.1) is 0 Å². The quantitative estimate of drug-likeness (QED) is 0.0158. The van der Waals surface area contributed by atoms with E-state index in [4.69, 9.17) is 28.4 Å². The molecule has 0 bridgehead atoms. The molecule has 0 amide bonds. The number of carbonyl (C=O) groups is 1. The molecule has 27 heteroatoms. The number of aliphatic hydroxyl groups is 8. The van der Waals surface area contributed by atoms with Crippen molar-refractivity contribution in [2.45, 2.75) is 163 Å². The van der Waals surface area contributed by atoms with Gasteiger partial charge in [0.1, 0.15) is 73.1 Å². The number of carboxylic acids is 1. The van der Waals surface area contributed by atoms with Crippen molar-refractivity contribution in [3.63, 3.8) is 0 Å². The molecule has 0 aromatic rings. The first-order chi connectivity index (χ1) is 27.2. The Bertz CT molecular complexity index is 1460. The van der Waals surface area contributed by atoms with Crippen LogP contribution >= 0.6 is 0 Å². The Hall–Kier alpha value is -0.280. The Morgan fingerprint density at radius 1 is 0.867 bits per heavy atom. The van der Waals surface area contributed by atoms with Crippen molar-refractivity contribution in [2.75, 3.05) is 26.4 Å². The van der Waals surface area contributed by atoms with Crippen LogP contribution in [0.1, 0.15) is 65.7 Å². The van der Waals surface area contributed by atoms with Crippen LogP contribution in [0.4, 0.5) is 0 Å². The third-order valence-electron chi connectivity index (χ3n) is 9.68. The summed E-state index contributed by atoms with van der Waals surface area (Å²) in [5.74, 6) is -6.96. The Labute approximate surface area is 391 Å². The molecule has 3 saturated heterocycles. The van der Waals surface area contributed by atoms with Gasteiger partial charge in [-0.2, -0.15) is 8.42 Å². The molecule has 60 heavy (non-hydrogen) atoms. The third kappa shape index (κ3) is 16.0. The Balaban J connectivity index is 0.00000900. The van der Waals surface area contributed by atoms with Gasteiger partial charge in [-0.3, -0.25) is 14.5 Å². The van der Waals surface area contributed by atoms with Gasteiger partial charge in [0.05, 0.1) is 25.9 Å². The number of nitrogens with zero attached hydrogens (tertiary/aromatic N) is 2. The van der Waals surface area contributed by atoms with Gasteiger partial charge in [0.15, 0.2) is 12.6 Å². The second kappa shape index (κ2) is 26.6. The minimum atomic E-state index is -5.24. The molecular weight excluding hydrogens is 854 g/mol. The molecule has 3 heterocycles. The van der Waals surface area contributed by atoms with Crippen LogP contribution in [0.2, 0.25) is 0 Å². The molecule has 0 aromatic carbocycles. The number of hydrogen-bond acceptors (Lipinski definition) is 22. The van der Waals surface area contributed by atoms with Crippen LogP contribution in [-0.2, 0) is 47.8 Å². The minimum absolute atomic E-state index is 0.